The molecular weight excluding hydrogens is 294 g/mol. The van der Waals surface area contributed by atoms with Gasteiger partial charge in [0, 0.05) is 24.2 Å². The van der Waals surface area contributed by atoms with Gasteiger partial charge in [0.05, 0.1) is 21.8 Å². The van der Waals surface area contributed by atoms with E-state index >= 15 is 0 Å². The van der Waals surface area contributed by atoms with Crippen LogP contribution in [-0.2, 0) is 13.2 Å². The Labute approximate surface area is 126 Å². The first kappa shape index (κ1) is 15.2. The Balaban J connectivity index is 2.01. The van der Waals surface area contributed by atoms with Gasteiger partial charge in [-0.2, -0.15) is 0 Å². The van der Waals surface area contributed by atoms with E-state index in [1.165, 1.54) is 12.1 Å². The van der Waals surface area contributed by atoms with Crippen molar-refractivity contribution in [3.8, 4) is 5.75 Å². The van der Waals surface area contributed by atoms with Crippen LogP contribution in [0.4, 0.5) is 5.69 Å². The fraction of sp³-hybridized carbons (Fsp3) is 0.214. The lowest BCUT2D eigenvalue weighted by atomic mass is 10.2. The van der Waals surface area contributed by atoms with Gasteiger partial charge in [0.2, 0.25) is 0 Å². The molecule has 0 radical (unpaired) electrons. The minimum atomic E-state index is -0.485. The van der Waals surface area contributed by atoms with E-state index in [1.807, 2.05) is 19.2 Å². The van der Waals surface area contributed by atoms with Gasteiger partial charge in [-0.1, -0.05) is 11.6 Å². The molecule has 0 aliphatic rings. The molecule has 0 spiro atoms. The van der Waals surface area contributed by atoms with Gasteiger partial charge in [-0.3, -0.25) is 15.1 Å². The first-order valence-electron chi connectivity index (χ1n) is 6.25. The number of non-ortho nitro benzene ring substituents is 1. The van der Waals surface area contributed by atoms with E-state index < -0.39 is 4.92 Å². The molecule has 0 bridgehead atoms. The highest BCUT2D eigenvalue weighted by Gasteiger charge is 2.09. The van der Waals surface area contributed by atoms with Gasteiger partial charge in [-0.05, 0) is 25.2 Å². The van der Waals surface area contributed by atoms with Crippen molar-refractivity contribution >= 4 is 17.3 Å². The van der Waals surface area contributed by atoms with Gasteiger partial charge < -0.3 is 10.1 Å². The minimum absolute atomic E-state index is 0.0400. The maximum absolute atomic E-state index is 10.6. The predicted octanol–water partition coefficient (Wildman–Crippen LogP) is 2.94. The van der Waals surface area contributed by atoms with E-state index in [9.17, 15) is 10.1 Å². The van der Waals surface area contributed by atoms with Crippen molar-refractivity contribution in [3.63, 3.8) is 0 Å². The average Bonchev–Trinajstić information content (AvgIpc) is 2.47. The van der Waals surface area contributed by atoms with E-state index in [1.54, 1.807) is 12.3 Å². The molecule has 0 saturated heterocycles. The summed E-state index contributed by atoms with van der Waals surface area (Å²) in [6, 6.07) is 7.98. The molecule has 2 rings (SSSR count). The number of hydrogen-bond donors (Lipinski definition) is 1. The van der Waals surface area contributed by atoms with Crippen LogP contribution >= 0.6 is 11.6 Å². The summed E-state index contributed by atoms with van der Waals surface area (Å²) in [5.74, 6) is 0.615. The second-order valence-corrected chi connectivity index (χ2v) is 4.74. The molecule has 0 amide bonds. The van der Waals surface area contributed by atoms with Gasteiger partial charge >= 0.3 is 0 Å². The molecule has 1 N–H and O–H groups in total. The van der Waals surface area contributed by atoms with Crippen LogP contribution in [0.5, 0.6) is 5.75 Å². The number of nitrogens with one attached hydrogen (secondary N) is 1. The van der Waals surface area contributed by atoms with Crippen LogP contribution in [0.25, 0.3) is 0 Å². The summed E-state index contributed by atoms with van der Waals surface area (Å²) >= 11 is 6.00. The zero-order valence-electron chi connectivity index (χ0n) is 11.4. The SMILES string of the molecule is CNCc1ccc(OCc2ccc([N+](=O)[O-])cc2Cl)cn1. The Kier molecular flexibility index (Phi) is 5.08. The number of nitro groups is 1. The Morgan fingerprint density at radius 3 is 2.76 bits per heavy atom. The van der Waals surface area contributed by atoms with Crippen molar-refractivity contribution in [2.75, 3.05) is 7.05 Å². The number of aromatic nitrogens is 1. The first-order chi connectivity index (χ1) is 10.1. The van der Waals surface area contributed by atoms with Gasteiger partial charge in [-0.25, -0.2) is 0 Å². The summed E-state index contributed by atoms with van der Waals surface area (Å²) in [6.45, 7) is 0.915. The summed E-state index contributed by atoms with van der Waals surface area (Å²) in [7, 11) is 1.85. The summed E-state index contributed by atoms with van der Waals surface area (Å²) < 4.78 is 5.57. The van der Waals surface area contributed by atoms with Gasteiger partial charge in [-0.15, -0.1) is 0 Å². The minimum Gasteiger partial charge on any atom is -0.487 e. The highest BCUT2D eigenvalue weighted by molar-refractivity contribution is 6.31. The Morgan fingerprint density at radius 1 is 1.38 bits per heavy atom. The van der Waals surface area contributed by atoms with Crippen LogP contribution in [0.1, 0.15) is 11.3 Å². The van der Waals surface area contributed by atoms with Gasteiger partial charge in [0.1, 0.15) is 12.4 Å². The van der Waals surface area contributed by atoms with Crippen molar-refractivity contribution in [3.05, 3.63) is 62.9 Å². The molecular formula is C14H14ClN3O3. The smallest absolute Gasteiger partial charge is 0.270 e. The first-order valence-corrected chi connectivity index (χ1v) is 6.63. The Morgan fingerprint density at radius 2 is 2.19 bits per heavy atom. The fourth-order valence-corrected chi connectivity index (χ4v) is 1.94. The molecule has 0 saturated carbocycles. The summed E-state index contributed by atoms with van der Waals surface area (Å²) in [5, 5.41) is 13.9. The zero-order valence-corrected chi connectivity index (χ0v) is 12.1. The standard InChI is InChI=1S/C14H14ClN3O3/c1-16-7-11-3-5-13(8-17-11)21-9-10-2-4-12(18(19)20)6-14(10)15/h2-6,8,16H,7,9H2,1H3. The second kappa shape index (κ2) is 7.01. The third-order valence-electron chi connectivity index (χ3n) is 2.80. The fourth-order valence-electron chi connectivity index (χ4n) is 1.71. The van der Waals surface area contributed by atoms with Crippen molar-refractivity contribution in [2.45, 2.75) is 13.2 Å². The zero-order chi connectivity index (χ0) is 15.2. The maximum atomic E-state index is 10.6. The van der Waals surface area contributed by atoms with E-state index in [0.717, 1.165) is 5.69 Å². The molecule has 6 nitrogen and oxygen atoms in total. The molecule has 1 aromatic carbocycles. The van der Waals surface area contributed by atoms with E-state index in [-0.39, 0.29) is 12.3 Å². The highest BCUT2D eigenvalue weighted by Crippen LogP contribution is 2.23. The molecule has 0 unspecified atom stereocenters. The topological polar surface area (TPSA) is 77.3 Å². The molecule has 21 heavy (non-hydrogen) atoms. The van der Waals surface area contributed by atoms with Crippen LogP contribution in [-0.4, -0.2) is 17.0 Å². The number of halogens is 1. The Bertz CT molecular complexity index is 632. The van der Waals surface area contributed by atoms with E-state index in [0.29, 0.717) is 22.9 Å². The summed E-state index contributed by atoms with van der Waals surface area (Å²) in [6.07, 6.45) is 1.63. The van der Waals surface area contributed by atoms with Crippen LogP contribution in [0.15, 0.2) is 36.5 Å². The molecule has 7 heteroatoms. The average molecular weight is 308 g/mol. The number of rotatable bonds is 6. The second-order valence-electron chi connectivity index (χ2n) is 4.34. The lowest BCUT2D eigenvalue weighted by molar-refractivity contribution is -0.384. The number of ether oxygens (including phenoxy) is 1. The predicted molar refractivity (Wildman–Crippen MR) is 79.4 cm³/mol. The molecule has 0 atom stereocenters. The lowest BCUT2D eigenvalue weighted by Crippen LogP contribution is -2.06. The largest absolute Gasteiger partial charge is 0.487 e. The highest BCUT2D eigenvalue weighted by atomic mass is 35.5. The van der Waals surface area contributed by atoms with Crippen molar-refractivity contribution in [2.24, 2.45) is 0 Å². The quantitative estimate of drug-likeness (QED) is 0.656. The van der Waals surface area contributed by atoms with Gasteiger partial charge in [0.15, 0.2) is 0 Å². The monoisotopic (exact) mass is 307 g/mol. The number of pyridine rings is 1. The van der Waals surface area contributed by atoms with Crippen molar-refractivity contribution < 1.29 is 9.66 Å². The number of benzene rings is 1. The van der Waals surface area contributed by atoms with E-state index in [2.05, 4.69) is 10.3 Å². The molecule has 0 aliphatic heterocycles. The maximum Gasteiger partial charge on any atom is 0.270 e. The van der Waals surface area contributed by atoms with Crippen molar-refractivity contribution in [1.82, 2.24) is 10.3 Å². The van der Waals surface area contributed by atoms with E-state index in [4.69, 9.17) is 16.3 Å². The number of hydrogen-bond acceptors (Lipinski definition) is 5. The van der Waals surface area contributed by atoms with Crippen LogP contribution in [0.3, 0.4) is 0 Å². The number of nitrogens with zero attached hydrogens (tertiary/aromatic N) is 2. The van der Waals surface area contributed by atoms with Crippen LogP contribution in [0, 0.1) is 10.1 Å². The molecule has 0 aliphatic carbocycles. The Hall–Kier alpha value is -2.18. The molecule has 0 fully saturated rings. The van der Waals surface area contributed by atoms with Crippen LogP contribution < -0.4 is 10.1 Å². The van der Waals surface area contributed by atoms with Crippen molar-refractivity contribution in [1.29, 1.82) is 0 Å². The summed E-state index contributed by atoms with van der Waals surface area (Å²) in [4.78, 5) is 14.4. The number of nitro benzene ring substituents is 1. The molecule has 2 aromatic rings. The lowest BCUT2D eigenvalue weighted by Gasteiger charge is -2.08. The third-order valence-corrected chi connectivity index (χ3v) is 3.15. The molecule has 1 aromatic heterocycles. The summed E-state index contributed by atoms with van der Waals surface area (Å²) in [5.41, 5.74) is 1.56. The third kappa shape index (κ3) is 4.14. The molecule has 1 heterocycles. The normalized spacial score (nSPS) is 10.4. The van der Waals surface area contributed by atoms with Gasteiger partial charge in [0.25, 0.3) is 5.69 Å². The van der Waals surface area contributed by atoms with Crippen LogP contribution in [0.2, 0.25) is 5.02 Å². The molecule has 110 valence electrons.